The van der Waals surface area contributed by atoms with Gasteiger partial charge >= 0.3 is 5.97 Å². The molecule has 0 spiro atoms. The standard InChI is InChI=1S/C11H9ClFNO2/c1-2-5-14-10(11(15)16)8-4-3-7(13)6-9(8)12/h1,3-4,6,10,14H,5H2,(H,15,16). The van der Waals surface area contributed by atoms with Gasteiger partial charge < -0.3 is 5.11 Å². The number of hydrogen-bond donors (Lipinski definition) is 2. The number of benzene rings is 1. The number of rotatable bonds is 4. The molecule has 5 heteroatoms. The van der Waals surface area contributed by atoms with E-state index in [1.54, 1.807) is 0 Å². The second-order valence-electron chi connectivity index (χ2n) is 3.02. The van der Waals surface area contributed by atoms with E-state index in [9.17, 15) is 9.18 Å². The van der Waals surface area contributed by atoms with E-state index >= 15 is 0 Å². The summed E-state index contributed by atoms with van der Waals surface area (Å²) < 4.78 is 12.8. The highest BCUT2D eigenvalue weighted by Crippen LogP contribution is 2.24. The summed E-state index contributed by atoms with van der Waals surface area (Å²) in [5.74, 6) is 0.622. The van der Waals surface area contributed by atoms with Gasteiger partial charge in [0.2, 0.25) is 0 Å². The lowest BCUT2D eigenvalue weighted by molar-refractivity contribution is -0.139. The molecule has 0 amide bonds. The van der Waals surface area contributed by atoms with Crippen molar-refractivity contribution in [3.63, 3.8) is 0 Å². The molecule has 0 aliphatic heterocycles. The third-order valence-corrected chi connectivity index (χ3v) is 2.26. The molecule has 0 aromatic heterocycles. The van der Waals surface area contributed by atoms with Crippen LogP contribution in [0.2, 0.25) is 5.02 Å². The molecule has 1 aromatic carbocycles. The lowest BCUT2D eigenvalue weighted by Crippen LogP contribution is -2.29. The van der Waals surface area contributed by atoms with E-state index < -0.39 is 17.8 Å². The van der Waals surface area contributed by atoms with Crippen molar-refractivity contribution in [3.05, 3.63) is 34.6 Å². The first-order valence-corrected chi connectivity index (χ1v) is 4.78. The van der Waals surface area contributed by atoms with Gasteiger partial charge in [-0.2, -0.15) is 0 Å². The number of halogens is 2. The molecule has 0 radical (unpaired) electrons. The molecule has 1 aromatic rings. The number of nitrogens with one attached hydrogen (secondary N) is 1. The Morgan fingerprint density at radius 1 is 1.69 bits per heavy atom. The van der Waals surface area contributed by atoms with Crippen molar-refractivity contribution < 1.29 is 14.3 Å². The third-order valence-electron chi connectivity index (χ3n) is 1.93. The van der Waals surface area contributed by atoms with E-state index in [0.29, 0.717) is 0 Å². The predicted octanol–water partition coefficient (Wildman–Crippen LogP) is 1.83. The highest BCUT2D eigenvalue weighted by atomic mass is 35.5. The van der Waals surface area contributed by atoms with Crippen molar-refractivity contribution in [2.45, 2.75) is 6.04 Å². The Hall–Kier alpha value is -1.57. The summed E-state index contributed by atoms with van der Waals surface area (Å²) in [5.41, 5.74) is 0.283. The van der Waals surface area contributed by atoms with Crippen LogP contribution >= 0.6 is 11.6 Å². The van der Waals surface area contributed by atoms with Gasteiger partial charge in [-0.05, 0) is 17.7 Å². The highest BCUT2D eigenvalue weighted by Gasteiger charge is 2.21. The summed E-state index contributed by atoms with van der Waals surface area (Å²) in [4.78, 5) is 11.0. The first-order valence-electron chi connectivity index (χ1n) is 4.41. The van der Waals surface area contributed by atoms with E-state index in [4.69, 9.17) is 23.1 Å². The largest absolute Gasteiger partial charge is 0.480 e. The Kier molecular flexibility index (Phi) is 4.29. The molecule has 0 aliphatic rings. The molecule has 0 aliphatic carbocycles. The number of carboxylic acids is 1. The van der Waals surface area contributed by atoms with Crippen LogP contribution in [0.3, 0.4) is 0 Å². The van der Waals surface area contributed by atoms with Crippen LogP contribution in [-0.2, 0) is 4.79 Å². The van der Waals surface area contributed by atoms with Crippen LogP contribution in [0.1, 0.15) is 11.6 Å². The Balaban J connectivity index is 3.02. The zero-order valence-electron chi connectivity index (χ0n) is 8.21. The van der Waals surface area contributed by atoms with Gasteiger partial charge in [-0.3, -0.25) is 10.1 Å². The SMILES string of the molecule is C#CCNC(C(=O)O)c1ccc(F)cc1Cl. The van der Waals surface area contributed by atoms with Crippen molar-refractivity contribution in [2.75, 3.05) is 6.54 Å². The summed E-state index contributed by atoms with van der Waals surface area (Å²) in [6.07, 6.45) is 5.02. The van der Waals surface area contributed by atoms with E-state index in [1.165, 1.54) is 6.07 Å². The minimum atomic E-state index is -1.12. The number of carbonyl (C=O) groups is 1. The normalized spacial score (nSPS) is 11.8. The maximum atomic E-state index is 12.8. The van der Waals surface area contributed by atoms with Gasteiger partial charge in [0.15, 0.2) is 0 Å². The summed E-state index contributed by atoms with van der Waals surface area (Å²) in [6.45, 7) is 0.0880. The van der Waals surface area contributed by atoms with Gasteiger partial charge in [-0.25, -0.2) is 4.39 Å². The molecule has 2 N–H and O–H groups in total. The Morgan fingerprint density at radius 3 is 2.88 bits per heavy atom. The summed E-state index contributed by atoms with van der Waals surface area (Å²) >= 11 is 5.75. The van der Waals surface area contributed by atoms with Crippen LogP contribution in [-0.4, -0.2) is 17.6 Å². The smallest absolute Gasteiger partial charge is 0.325 e. The zero-order valence-corrected chi connectivity index (χ0v) is 8.96. The van der Waals surface area contributed by atoms with Crippen LogP contribution in [0.5, 0.6) is 0 Å². The molecular formula is C11H9ClFNO2. The molecule has 0 saturated heterocycles. The van der Waals surface area contributed by atoms with Crippen LogP contribution in [0.4, 0.5) is 4.39 Å². The van der Waals surface area contributed by atoms with Crippen molar-refractivity contribution >= 4 is 17.6 Å². The first kappa shape index (κ1) is 12.5. The molecule has 0 heterocycles. The fourth-order valence-corrected chi connectivity index (χ4v) is 1.50. The van der Waals surface area contributed by atoms with Crippen molar-refractivity contribution in [1.82, 2.24) is 5.32 Å². The second kappa shape index (κ2) is 5.50. The van der Waals surface area contributed by atoms with Gasteiger partial charge in [0, 0.05) is 5.02 Å². The second-order valence-corrected chi connectivity index (χ2v) is 3.43. The number of aliphatic carboxylic acids is 1. The lowest BCUT2D eigenvalue weighted by atomic mass is 10.1. The fraction of sp³-hybridized carbons (Fsp3) is 0.182. The number of carboxylic acid groups (broad SMARTS) is 1. The van der Waals surface area contributed by atoms with Gasteiger partial charge in [0.05, 0.1) is 6.54 Å². The maximum absolute atomic E-state index is 12.8. The molecule has 84 valence electrons. The molecule has 1 unspecified atom stereocenters. The monoisotopic (exact) mass is 241 g/mol. The van der Waals surface area contributed by atoms with E-state index in [2.05, 4.69) is 11.2 Å². The topological polar surface area (TPSA) is 49.3 Å². The van der Waals surface area contributed by atoms with E-state index in [0.717, 1.165) is 12.1 Å². The lowest BCUT2D eigenvalue weighted by Gasteiger charge is -2.14. The van der Waals surface area contributed by atoms with Crippen LogP contribution in [0.15, 0.2) is 18.2 Å². The molecule has 0 saturated carbocycles. The summed E-state index contributed by atoms with van der Waals surface area (Å²) in [6, 6.07) is 2.49. The quantitative estimate of drug-likeness (QED) is 0.791. The Labute approximate surface area is 97.2 Å². The minimum absolute atomic E-state index is 0.0527. The number of terminal acetylenes is 1. The first-order chi connectivity index (χ1) is 7.56. The highest BCUT2D eigenvalue weighted by molar-refractivity contribution is 6.31. The molecular weight excluding hydrogens is 233 g/mol. The number of hydrogen-bond acceptors (Lipinski definition) is 2. The van der Waals surface area contributed by atoms with Crippen molar-refractivity contribution in [2.24, 2.45) is 0 Å². The Bertz CT molecular complexity index is 442. The molecule has 0 bridgehead atoms. The van der Waals surface area contributed by atoms with E-state index in [1.807, 2.05) is 0 Å². The van der Waals surface area contributed by atoms with Crippen LogP contribution in [0, 0.1) is 18.2 Å². The molecule has 1 rings (SSSR count). The van der Waals surface area contributed by atoms with Gasteiger partial charge in [0.25, 0.3) is 0 Å². The average Bonchev–Trinajstić information content (AvgIpc) is 2.20. The summed E-state index contributed by atoms with van der Waals surface area (Å²) in [5, 5.41) is 11.6. The fourth-order valence-electron chi connectivity index (χ4n) is 1.23. The van der Waals surface area contributed by atoms with Crippen LogP contribution in [0.25, 0.3) is 0 Å². The molecule has 1 atom stereocenters. The van der Waals surface area contributed by atoms with Gasteiger partial charge in [-0.1, -0.05) is 23.6 Å². The summed E-state index contributed by atoms with van der Waals surface area (Å²) in [7, 11) is 0. The molecule has 0 fully saturated rings. The van der Waals surface area contributed by atoms with Gasteiger partial charge in [-0.15, -0.1) is 6.42 Å². The van der Waals surface area contributed by atoms with E-state index in [-0.39, 0.29) is 17.1 Å². The molecule has 3 nitrogen and oxygen atoms in total. The average molecular weight is 242 g/mol. The van der Waals surface area contributed by atoms with Crippen LogP contribution < -0.4 is 5.32 Å². The minimum Gasteiger partial charge on any atom is -0.480 e. The molecule has 16 heavy (non-hydrogen) atoms. The van der Waals surface area contributed by atoms with Gasteiger partial charge in [0.1, 0.15) is 11.9 Å². The third kappa shape index (κ3) is 2.96. The Morgan fingerprint density at radius 2 is 2.38 bits per heavy atom. The van der Waals surface area contributed by atoms with Crippen molar-refractivity contribution in [1.29, 1.82) is 0 Å². The maximum Gasteiger partial charge on any atom is 0.325 e. The zero-order chi connectivity index (χ0) is 12.1. The van der Waals surface area contributed by atoms with Crippen molar-refractivity contribution in [3.8, 4) is 12.3 Å². The predicted molar refractivity (Wildman–Crippen MR) is 58.6 cm³/mol.